The maximum absolute atomic E-state index is 12.6. The van der Waals surface area contributed by atoms with Crippen molar-refractivity contribution in [2.24, 2.45) is 0 Å². The van der Waals surface area contributed by atoms with Crippen LogP contribution < -0.4 is 4.74 Å². The van der Waals surface area contributed by atoms with Crippen LogP contribution in [0.2, 0.25) is 5.02 Å². The fourth-order valence-electron chi connectivity index (χ4n) is 2.03. The third-order valence-corrected chi connectivity index (χ3v) is 3.54. The van der Waals surface area contributed by atoms with E-state index in [9.17, 15) is 28.1 Å². The predicted molar refractivity (Wildman–Crippen MR) is 93.6 cm³/mol. The summed E-state index contributed by atoms with van der Waals surface area (Å²) in [5, 5.41) is 10.5. The number of carbonyl (C=O) groups excluding carboxylic acids is 1. The number of hydrogen-bond donors (Lipinski definition) is 0. The lowest BCUT2D eigenvalue weighted by molar-refractivity contribution is -0.553. The van der Waals surface area contributed by atoms with E-state index in [1.54, 1.807) is 0 Å². The van der Waals surface area contributed by atoms with Gasteiger partial charge in [0, 0.05) is 12.7 Å². The molecule has 6 nitrogen and oxygen atoms in total. The first kappa shape index (κ1) is 23.2. The Morgan fingerprint density at radius 2 is 1.89 bits per heavy atom. The van der Waals surface area contributed by atoms with E-state index < -0.39 is 28.7 Å². The molecule has 0 fully saturated rings. The maximum Gasteiger partial charge on any atom is 0.416 e. The van der Waals surface area contributed by atoms with Gasteiger partial charge in [0.25, 0.3) is 5.78 Å². The minimum atomic E-state index is -4.55. The molecule has 2 aromatic rings. The summed E-state index contributed by atoms with van der Waals surface area (Å²) < 4.78 is 47.8. The number of methoxy groups -OCH3 is 1. The van der Waals surface area contributed by atoms with E-state index in [-0.39, 0.29) is 45.1 Å². The van der Waals surface area contributed by atoms with Crippen LogP contribution in [-0.4, -0.2) is 47.1 Å². The van der Waals surface area contributed by atoms with E-state index in [1.807, 2.05) is 0 Å². The van der Waals surface area contributed by atoms with Gasteiger partial charge in [-0.25, -0.2) is 0 Å². The molecule has 2 aromatic carbocycles. The van der Waals surface area contributed by atoms with Crippen LogP contribution in [0.1, 0.15) is 15.9 Å². The van der Waals surface area contributed by atoms with Crippen molar-refractivity contribution >= 4 is 40.4 Å². The molecular weight excluding hydrogens is 403 g/mol. The molecule has 0 radical (unpaired) electrons. The number of Topliss-reactive ketones (excluding diaryl/α,β-unsaturated/α-hetero) is 1. The van der Waals surface area contributed by atoms with Gasteiger partial charge in [0.2, 0.25) is 0 Å². The highest BCUT2D eigenvalue weighted by atomic mass is 35.5. The van der Waals surface area contributed by atoms with Crippen LogP contribution in [0.5, 0.6) is 11.5 Å². The molecule has 0 heterocycles. The highest BCUT2D eigenvalue weighted by Crippen LogP contribution is 2.36. The molecule has 0 spiro atoms. The molecule has 0 aromatic heterocycles. The minimum absolute atomic E-state index is 0. The number of carbonyl (C=O) groups is 1. The van der Waals surface area contributed by atoms with E-state index in [0.29, 0.717) is 6.07 Å². The van der Waals surface area contributed by atoms with Crippen LogP contribution in [0, 0.1) is 10.1 Å². The molecule has 142 valence electrons. The fourth-order valence-corrected chi connectivity index (χ4v) is 2.25. The van der Waals surface area contributed by atoms with Crippen molar-refractivity contribution in [3.8, 4) is 11.5 Å². The molecule has 11 heteroatoms. The summed E-state index contributed by atoms with van der Waals surface area (Å²) >= 11 is 5.80. The summed E-state index contributed by atoms with van der Waals surface area (Å²) in [6, 6.07) is 7.87. The van der Waals surface area contributed by atoms with E-state index in [1.165, 1.54) is 24.3 Å². The van der Waals surface area contributed by atoms with Crippen LogP contribution in [0.25, 0.3) is 0 Å². The number of rotatable bonds is 6. The third-order valence-electron chi connectivity index (χ3n) is 3.24. The molecule has 0 aliphatic heterocycles. The number of ether oxygens (including phenoxy) is 2. The van der Waals surface area contributed by atoms with Crippen molar-refractivity contribution in [3.63, 3.8) is 0 Å². The first-order valence-electron chi connectivity index (χ1n) is 6.98. The zero-order valence-corrected chi connectivity index (χ0v) is 13.9. The zero-order valence-electron chi connectivity index (χ0n) is 13.1. The molecule has 27 heavy (non-hydrogen) atoms. The molecule has 0 aliphatic carbocycles. The predicted octanol–water partition coefficient (Wildman–Crippen LogP) is 3.67. The first-order chi connectivity index (χ1) is 12.1. The van der Waals surface area contributed by atoms with Gasteiger partial charge in [0.15, 0.2) is 0 Å². The summed E-state index contributed by atoms with van der Waals surface area (Å²) in [4.78, 5) is 22.0. The Labute approximate surface area is 172 Å². The number of ketones is 1. The van der Waals surface area contributed by atoms with Crippen molar-refractivity contribution in [3.05, 3.63) is 68.7 Å². The van der Waals surface area contributed by atoms with Crippen LogP contribution in [0.4, 0.5) is 13.2 Å². The standard InChI is InChI=1S/C16H11ClF3NO5.Mg.2H/c1-25-15(21(23)24)14(22)9-3-2-4-11(7-9)26-13-6-5-10(8-12(13)17)16(18,19)20;;;/h2-8,15H,1H3;;;. The topological polar surface area (TPSA) is 78.7 Å². The van der Waals surface area contributed by atoms with Crippen LogP contribution in [0.15, 0.2) is 42.5 Å². The minimum Gasteiger partial charge on any atom is -0.456 e. The summed E-state index contributed by atoms with van der Waals surface area (Å²) in [7, 11) is 1.02. The number of alkyl halides is 3. The van der Waals surface area contributed by atoms with E-state index in [4.69, 9.17) is 16.3 Å². The fraction of sp³-hybridized carbons (Fsp3) is 0.188. The van der Waals surface area contributed by atoms with Crippen LogP contribution in [0.3, 0.4) is 0 Å². The Bertz CT molecular complexity index is 847. The third kappa shape index (κ3) is 5.80. The smallest absolute Gasteiger partial charge is 0.416 e. The van der Waals surface area contributed by atoms with Crippen LogP contribution in [-0.2, 0) is 10.9 Å². The molecule has 0 amide bonds. The molecule has 0 bridgehead atoms. The Balaban J connectivity index is 0.00000364. The van der Waals surface area contributed by atoms with Gasteiger partial charge in [-0.05, 0) is 30.3 Å². The van der Waals surface area contributed by atoms with Gasteiger partial charge >= 0.3 is 35.5 Å². The number of hydrogen-bond acceptors (Lipinski definition) is 5. The molecule has 0 aliphatic rings. The van der Waals surface area contributed by atoms with Crippen molar-refractivity contribution in [2.45, 2.75) is 12.4 Å². The average molecular weight is 416 g/mol. The van der Waals surface area contributed by atoms with Gasteiger partial charge in [-0.2, -0.15) is 13.2 Å². The summed E-state index contributed by atoms with van der Waals surface area (Å²) in [5.41, 5.74) is -0.998. The van der Waals surface area contributed by atoms with Crippen LogP contribution >= 0.6 is 11.6 Å². The monoisotopic (exact) mass is 415 g/mol. The van der Waals surface area contributed by atoms with Gasteiger partial charge in [0.1, 0.15) is 11.5 Å². The second-order valence-electron chi connectivity index (χ2n) is 5.01. The molecule has 2 rings (SSSR count). The van der Waals surface area contributed by atoms with Crippen molar-refractivity contribution < 1.29 is 32.4 Å². The van der Waals surface area contributed by atoms with E-state index in [2.05, 4.69) is 4.74 Å². The molecule has 0 N–H and O–H groups in total. The van der Waals surface area contributed by atoms with Gasteiger partial charge in [-0.1, -0.05) is 23.7 Å². The van der Waals surface area contributed by atoms with Gasteiger partial charge in [-0.3, -0.25) is 14.9 Å². The SMILES string of the molecule is COC(C(=O)c1cccc(Oc2ccc(C(F)(F)F)cc2Cl)c1)[N+](=O)[O-].[MgH2]. The van der Waals surface area contributed by atoms with Crippen molar-refractivity contribution in [1.82, 2.24) is 0 Å². The Hall–Kier alpha value is -1.88. The Kier molecular flexibility index (Phi) is 8.02. The number of halogens is 4. The lowest BCUT2D eigenvalue weighted by Crippen LogP contribution is -2.31. The van der Waals surface area contributed by atoms with Gasteiger partial charge in [-0.15, -0.1) is 0 Å². The highest BCUT2D eigenvalue weighted by molar-refractivity contribution is 6.32. The number of nitrogens with zero attached hydrogens (tertiary/aromatic N) is 1. The number of nitro groups is 1. The highest BCUT2D eigenvalue weighted by Gasteiger charge is 2.32. The summed E-state index contributed by atoms with van der Waals surface area (Å²) in [6.07, 6.45) is -6.42. The Morgan fingerprint density at radius 1 is 1.22 bits per heavy atom. The summed E-state index contributed by atoms with van der Waals surface area (Å²) in [5.74, 6) is -0.904. The second kappa shape index (κ2) is 9.35. The normalized spacial score (nSPS) is 12.0. The van der Waals surface area contributed by atoms with Gasteiger partial charge in [0.05, 0.1) is 15.5 Å². The molecular formula is C16H13ClF3MgNO5. The second-order valence-corrected chi connectivity index (χ2v) is 5.42. The summed E-state index contributed by atoms with van der Waals surface area (Å²) in [6.45, 7) is 0. The lowest BCUT2D eigenvalue weighted by atomic mass is 10.1. The van der Waals surface area contributed by atoms with E-state index >= 15 is 0 Å². The quantitative estimate of drug-likeness (QED) is 0.236. The number of benzene rings is 2. The molecule has 0 saturated carbocycles. The molecule has 1 atom stereocenters. The molecule has 0 saturated heterocycles. The van der Waals surface area contributed by atoms with E-state index in [0.717, 1.165) is 19.2 Å². The zero-order chi connectivity index (χ0) is 19.5. The Morgan fingerprint density at radius 3 is 2.41 bits per heavy atom. The average Bonchev–Trinajstić information content (AvgIpc) is 2.56. The molecule has 1 unspecified atom stereocenters. The maximum atomic E-state index is 12.6. The van der Waals surface area contributed by atoms with Crippen molar-refractivity contribution in [1.29, 1.82) is 0 Å². The largest absolute Gasteiger partial charge is 0.456 e. The lowest BCUT2D eigenvalue weighted by Gasteiger charge is -2.12. The van der Waals surface area contributed by atoms with Gasteiger partial charge < -0.3 is 9.47 Å². The first-order valence-corrected chi connectivity index (χ1v) is 7.36. The van der Waals surface area contributed by atoms with Crippen molar-refractivity contribution in [2.75, 3.05) is 7.11 Å².